The molecule has 31 heavy (non-hydrogen) atoms. The van der Waals surface area contributed by atoms with Crippen LogP contribution in [0.5, 0.6) is 5.75 Å². The van der Waals surface area contributed by atoms with Gasteiger partial charge in [0.15, 0.2) is 0 Å². The van der Waals surface area contributed by atoms with Gasteiger partial charge in [-0.2, -0.15) is 0 Å². The molecule has 0 saturated heterocycles. The van der Waals surface area contributed by atoms with Crippen molar-refractivity contribution < 1.29 is 14.3 Å². The van der Waals surface area contributed by atoms with E-state index >= 15 is 0 Å². The molecule has 2 aromatic carbocycles. The van der Waals surface area contributed by atoms with E-state index in [-0.39, 0.29) is 16.8 Å². The van der Waals surface area contributed by atoms with Crippen molar-refractivity contribution in [2.24, 2.45) is 0 Å². The Hall–Kier alpha value is -4.11. The van der Waals surface area contributed by atoms with Crippen LogP contribution in [0.25, 0.3) is 17.0 Å². The first-order chi connectivity index (χ1) is 15.0. The zero-order valence-corrected chi connectivity index (χ0v) is 16.9. The summed E-state index contributed by atoms with van der Waals surface area (Å²) in [5.41, 5.74) is 7.24. The number of nitrogens with zero attached hydrogens (tertiary/aromatic N) is 1. The number of esters is 1. The van der Waals surface area contributed by atoms with Gasteiger partial charge in [0.25, 0.3) is 5.56 Å². The minimum atomic E-state index is -0.500. The summed E-state index contributed by atoms with van der Waals surface area (Å²) in [6.45, 7) is 0.347. The van der Waals surface area contributed by atoms with Crippen molar-refractivity contribution in [3.63, 3.8) is 0 Å². The number of methoxy groups -OCH3 is 2. The zero-order chi connectivity index (χ0) is 22.0. The van der Waals surface area contributed by atoms with Gasteiger partial charge in [0.05, 0.1) is 26.3 Å². The van der Waals surface area contributed by atoms with Crippen LogP contribution >= 0.6 is 0 Å². The van der Waals surface area contributed by atoms with Crippen LogP contribution in [0.3, 0.4) is 0 Å². The lowest BCUT2D eigenvalue weighted by Crippen LogP contribution is -2.37. The first-order valence-corrected chi connectivity index (χ1v) is 9.42. The molecule has 0 atom stereocenters. The molecule has 0 spiro atoms. The van der Waals surface area contributed by atoms with E-state index in [4.69, 9.17) is 4.74 Å². The third kappa shape index (κ3) is 3.99. The molecule has 3 aromatic rings. The van der Waals surface area contributed by atoms with Crippen LogP contribution in [-0.4, -0.2) is 25.2 Å². The van der Waals surface area contributed by atoms with Gasteiger partial charge in [-0.05, 0) is 41.5 Å². The number of ether oxygens (including phenoxy) is 2. The molecule has 9 nitrogen and oxygen atoms in total. The van der Waals surface area contributed by atoms with Gasteiger partial charge in [-0.3, -0.25) is 20.0 Å². The van der Waals surface area contributed by atoms with Crippen LogP contribution in [0.2, 0.25) is 0 Å². The molecular formula is C22H20N4O5. The lowest BCUT2D eigenvalue weighted by Gasteiger charge is -2.16. The van der Waals surface area contributed by atoms with Gasteiger partial charge in [-0.1, -0.05) is 18.2 Å². The van der Waals surface area contributed by atoms with Crippen molar-refractivity contribution in [3.05, 3.63) is 80.2 Å². The average Bonchev–Trinajstić information content (AvgIpc) is 3.17. The van der Waals surface area contributed by atoms with E-state index in [1.807, 2.05) is 24.3 Å². The lowest BCUT2D eigenvalue weighted by atomic mass is 10.1. The van der Waals surface area contributed by atoms with Crippen LogP contribution < -0.4 is 31.7 Å². The van der Waals surface area contributed by atoms with Crippen molar-refractivity contribution in [2.75, 3.05) is 24.7 Å². The van der Waals surface area contributed by atoms with Crippen LogP contribution in [0.4, 0.5) is 11.4 Å². The quantitative estimate of drug-likeness (QED) is 0.424. The maximum atomic E-state index is 13.1. The zero-order valence-electron chi connectivity index (χ0n) is 16.9. The summed E-state index contributed by atoms with van der Waals surface area (Å²) in [6, 6.07) is 12.3. The first kappa shape index (κ1) is 20.2. The molecule has 1 aliphatic heterocycles. The standard InChI is InChI=1S/C22H20N4O5/c1-30-15-7-3-14(4-8-15)12-26-20-19(24-25-26)21(28)16-9-5-13(6-10-18(27)31-2)11-17(16)23-22(20)29/h3-11,24-25H,12H2,1-2H3,(H,23,29)/b10-6+. The van der Waals surface area contributed by atoms with E-state index in [0.29, 0.717) is 23.0 Å². The topological polar surface area (TPSA) is 113 Å². The fourth-order valence-corrected chi connectivity index (χ4v) is 3.32. The number of nitrogens with one attached hydrogen (secondary N) is 3. The second-order valence-electron chi connectivity index (χ2n) is 6.84. The molecule has 0 aliphatic carbocycles. The van der Waals surface area contributed by atoms with Crippen LogP contribution in [0.1, 0.15) is 11.1 Å². The largest absolute Gasteiger partial charge is 0.497 e. The van der Waals surface area contributed by atoms with Crippen LogP contribution in [0, 0.1) is 0 Å². The normalized spacial score (nSPS) is 12.6. The maximum absolute atomic E-state index is 13.1. The summed E-state index contributed by atoms with van der Waals surface area (Å²) < 4.78 is 9.74. The molecule has 3 N–H and O–H groups in total. The first-order valence-electron chi connectivity index (χ1n) is 9.42. The number of fused-ring (bicyclic) bond motifs is 2. The highest BCUT2D eigenvalue weighted by Crippen LogP contribution is 2.24. The molecule has 4 rings (SSSR count). The highest BCUT2D eigenvalue weighted by atomic mass is 16.5. The molecule has 0 radical (unpaired) electrons. The Morgan fingerprint density at radius 2 is 1.87 bits per heavy atom. The number of carbonyl (C=O) groups excluding carboxylic acids is 1. The van der Waals surface area contributed by atoms with Gasteiger partial charge in [-0.25, -0.2) is 4.79 Å². The second kappa shape index (κ2) is 8.33. The van der Waals surface area contributed by atoms with Gasteiger partial charge in [-0.15, -0.1) is 5.53 Å². The van der Waals surface area contributed by atoms with Gasteiger partial charge in [0.2, 0.25) is 5.43 Å². The summed E-state index contributed by atoms with van der Waals surface area (Å²) in [7, 11) is 2.88. The molecule has 0 amide bonds. The number of anilines is 2. The summed E-state index contributed by atoms with van der Waals surface area (Å²) in [4.78, 5) is 40.2. The highest BCUT2D eigenvalue weighted by molar-refractivity contribution is 5.90. The monoisotopic (exact) mass is 420 g/mol. The predicted molar refractivity (Wildman–Crippen MR) is 118 cm³/mol. The van der Waals surface area contributed by atoms with Crippen LogP contribution in [0.15, 0.2) is 58.1 Å². The third-order valence-corrected chi connectivity index (χ3v) is 4.91. The fraction of sp³-hybridized carbons (Fsp3) is 0.136. The van der Waals surface area contributed by atoms with Gasteiger partial charge >= 0.3 is 5.97 Å². The molecule has 158 valence electrons. The molecule has 1 aromatic heterocycles. The summed E-state index contributed by atoms with van der Waals surface area (Å²) in [5.74, 6) is 0.228. The summed E-state index contributed by atoms with van der Waals surface area (Å²) >= 11 is 0. The lowest BCUT2D eigenvalue weighted by molar-refractivity contribution is -0.134. The van der Waals surface area contributed by atoms with E-state index in [0.717, 1.165) is 11.3 Å². The Morgan fingerprint density at radius 3 is 2.58 bits per heavy atom. The minimum absolute atomic E-state index is 0.169. The molecule has 0 saturated carbocycles. The second-order valence-corrected chi connectivity index (χ2v) is 6.84. The maximum Gasteiger partial charge on any atom is 0.330 e. The highest BCUT2D eigenvalue weighted by Gasteiger charge is 2.25. The number of aromatic amines is 1. The number of H-pyrrole nitrogens is 1. The number of rotatable bonds is 5. The van der Waals surface area contributed by atoms with E-state index in [1.54, 1.807) is 36.4 Å². The Bertz CT molecular complexity index is 1300. The van der Waals surface area contributed by atoms with Crippen molar-refractivity contribution in [3.8, 4) is 5.75 Å². The number of aromatic nitrogens is 1. The summed E-state index contributed by atoms with van der Waals surface area (Å²) in [5, 5.41) is 1.92. The number of hydrogen-bond donors (Lipinski definition) is 3. The van der Waals surface area contributed by atoms with Crippen molar-refractivity contribution in [1.82, 2.24) is 10.5 Å². The fourth-order valence-electron chi connectivity index (χ4n) is 3.32. The molecular weight excluding hydrogens is 400 g/mol. The van der Waals surface area contributed by atoms with E-state index in [9.17, 15) is 14.4 Å². The number of hydrogen-bond acceptors (Lipinski definition) is 8. The Labute approximate surface area is 176 Å². The molecule has 0 bridgehead atoms. The Kier molecular flexibility index (Phi) is 5.42. The number of hydrazine groups is 2. The SMILES string of the molecule is COC(=O)/C=C/c1ccc2c(=O)c3c(c(=O)[nH]c2c1)N(Cc1ccc(OC)cc1)NN3. The van der Waals surface area contributed by atoms with Crippen LogP contribution in [-0.2, 0) is 16.1 Å². The third-order valence-electron chi connectivity index (χ3n) is 4.91. The molecule has 1 aliphatic rings. The number of benzene rings is 2. The molecule has 0 fully saturated rings. The van der Waals surface area contributed by atoms with Gasteiger partial charge < -0.3 is 14.5 Å². The number of carbonyl (C=O) groups is 1. The minimum Gasteiger partial charge on any atom is -0.497 e. The Balaban J connectivity index is 1.75. The predicted octanol–water partition coefficient (Wildman–Crippen LogP) is 1.93. The van der Waals surface area contributed by atoms with Crippen molar-refractivity contribution >= 4 is 34.3 Å². The Morgan fingerprint density at radius 1 is 1.10 bits per heavy atom. The smallest absolute Gasteiger partial charge is 0.330 e. The van der Waals surface area contributed by atoms with E-state index in [2.05, 4.69) is 20.7 Å². The molecule has 2 heterocycles. The molecule has 0 unspecified atom stereocenters. The van der Waals surface area contributed by atoms with Crippen molar-refractivity contribution in [2.45, 2.75) is 6.54 Å². The average molecular weight is 420 g/mol. The van der Waals surface area contributed by atoms with Gasteiger partial charge in [0.1, 0.15) is 17.1 Å². The van der Waals surface area contributed by atoms with Crippen molar-refractivity contribution in [1.29, 1.82) is 0 Å². The summed E-state index contributed by atoms with van der Waals surface area (Å²) in [6.07, 6.45) is 2.81. The van der Waals surface area contributed by atoms with E-state index in [1.165, 1.54) is 13.2 Å². The molecule has 9 heteroatoms. The van der Waals surface area contributed by atoms with E-state index < -0.39 is 11.5 Å². The van der Waals surface area contributed by atoms with Gasteiger partial charge in [0, 0.05) is 11.5 Å².